The van der Waals surface area contributed by atoms with Crippen molar-refractivity contribution in [3.63, 3.8) is 0 Å². The molecule has 0 saturated heterocycles. The van der Waals surface area contributed by atoms with Crippen molar-refractivity contribution in [1.82, 2.24) is 0 Å². The minimum atomic E-state index is 0.932. The van der Waals surface area contributed by atoms with Crippen molar-refractivity contribution in [3.05, 3.63) is 41.7 Å². The highest BCUT2D eigenvalue weighted by molar-refractivity contribution is 5.79. The van der Waals surface area contributed by atoms with Gasteiger partial charge in [-0.15, -0.1) is 0 Å². The monoisotopic (exact) mass is 172 g/mol. The van der Waals surface area contributed by atoms with Gasteiger partial charge in [0.2, 0.25) is 0 Å². The number of para-hydroxylation sites is 1. The van der Waals surface area contributed by atoms with Gasteiger partial charge < -0.3 is 4.42 Å². The average molecular weight is 172 g/mol. The second-order valence-electron chi connectivity index (χ2n) is 3.41. The molecule has 0 saturated carbocycles. The summed E-state index contributed by atoms with van der Waals surface area (Å²) in [7, 11) is 0. The van der Waals surface area contributed by atoms with Crippen molar-refractivity contribution >= 4 is 17.0 Å². The van der Waals surface area contributed by atoms with Crippen LogP contribution in [0.2, 0.25) is 0 Å². The molecule has 1 heteroatoms. The van der Waals surface area contributed by atoms with Crippen molar-refractivity contribution < 1.29 is 4.42 Å². The fourth-order valence-electron chi connectivity index (χ4n) is 1.36. The Bertz CT molecular complexity index is 412. The Labute approximate surface area is 77.7 Å². The Balaban J connectivity index is 2.56. The van der Waals surface area contributed by atoms with Gasteiger partial charge in [-0.25, -0.2) is 0 Å². The molecule has 0 spiro atoms. The summed E-state index contributed by atoms with van der Waals surface area (Å²) in [4.78, 5) is 0. The molecule has 1 heterocycles. The summed E-state index contributed by atoms with van der Waals surface area (Å²) in [5.74, 6) is 0.932. The number of hydrogen-bond acceptors (Lipinski definition) is 1. The van der Waals surface area contributed by atoms with E-state index in [2.05, 4.69) is 26.0 Å². The normalized spacial score (nSPS) is 10.3. The Morgan fingerprint density at radius 2 is 2.00 bits per heavy atom. The zero-order valence-electron chi connectivity index (χ0n) is 7.87. The third-order valence-corrected chi connectivity index (χ3v) is 1.88. The first-order valence-electron chi connectivity index (χ1n) is 4.39. The molecule has 0 N–H and O–H groups in total. The summed E-state index contributed by atoms with van der Waals surface area (Å²) in [6.07, 6.45) is 2.04. The lowest BCUT2D eigenvalue weighted by atomic mass is 10.2. The van der Waals surface area contributed by atoms with Crippen molar-refractivity contribution in [3.8, 4) is 0 Å². The molecule has 0 atom stereocenters. The van der Waals surface area contributed by atoms with Gasteiger partial charge in [0.25, 0.3) is 0 Å². The third-order valence-electron chi connectivity index (χ3n) is 1.88. The molecule has 0 unspecified atom stereocenters. The van der Waals surface area contributed by atoms with Crippen molar-refractivity contribution in [2.24, 2.45) is 0 Å². The van der Waals surface area contributed by atoms with E-state index in [1.54, 1.807) is 0 Å². The van der Waals surface area contributed by atoms with E-state index in [-0.39, 0.29) is 0 Å². The Hall–Kier alpha value is -1.50. The predicted molar refractivity (Wildman–Crippen MR) is 55.5 cm³/mol. The molecule has 2 aromatic rings. The van der Waals surface area contributed by atoms with Gasteiger partial charge >= 0.3 is 0 Å². The molecule has 0 aliphatic carbocycles. The summed E-state index contributed by atoms with van der Waals surface area (Å²) < 4.78 is 5.60. The quantitative estimate of drug-likeness (QED) is 0.636. The fourth-order valence-corrected chi connectivity index (χ4v) is 1.36. The lowest BCUT2D eigenvalue weighted by Gasteiger charge is -1.86. The van der Waals surface area contributed by atoms with Crippen LogP contribution in [0.3, 0.4) is 0 Å². The van der Waals surface area contributed by atoms with Crippen LogP contribution in [0.25, 0.3) is 17.0 Å². The van der Waals surface area contributed by atoms with Crippen LogP contribution in [0.1, 0.15) is 19.6 Å². The predicted octanol–water partition coefficient (Wildman–Crippen LogP) is 3.86. The van der Waals surface area contributed by atoms with Crippen LogP contribution in [0.15, 0.2) is 40.3 Å². The Kier molecular flexibility index (Phi) is 1.93. The molecule has 0 aliphatic heterocycles. The first kappa shape index (κ1) is 8.11. The highest BCUT2D eigenvalue weighted by Crippen LogP contribution is 2.20. The molecule has 1 aromatic carbocycles. The number of benzene rings is 1. The lowest BCUT2D eigenvalue weighted by molar-refractivity contribution is 0.604. The van der Waals surface area contributed by atoms with Gasteiger partial charge in [0.15, 0.2) is 0 Å². The SMILES string of the molecule is CC(C)=Cc1cc2ccccc2o1. The maximum Gasteiger partial charge on any atom is 0.134 e. The maximum absolute atomic E-state index is 5.60. The zero-order valence-corrected chi connectivity index (χ0v) is 7.87. The van der Waals surface area contributed by atoms with Crippen LogP contribution in [-0.4, -0.2) is 0 Å². The highest BCUT2D eigenvalue weighted by Gasteiger charge is 1.98. The van der Waals surface area contributed by atoms with E-state index in [0.29, 0.717) is 0 Å². The first-order valence-corrected chi connectivity index (χ1v) is 4.39. The minimum absolute atomic E-state index is 0.932. The van der Waals surface area contributed by atoms with E-state index >= 15 is 0 Å². The van der Waals surface area contributed by atoms with Crippen molar-refractivity contribution in [2.45, 2.75) is 13.8 Å². The molecule has 0 bridgehead atoms. The van der Waals surface area contributed by atoms with Crippen LogP contribution in [0.4, 0.5) is 0 Å². The molecular weight excluding hydrogens is 160 g/mol. The highest BCUT2D eigenvalue weighted by atomic mass is 16.3. The van der Waals surface area contributed by atoms with E-state index in [1.807, 2.05) is 24.3 Å². The minimum Gasteiger partial charge on any atom is -0.457 e. The number of fused-ring (bicyclic) bond motifs is 1. The van der Waals surface area contributed by atoms with Crippen molar-refractivity contribution in [2.75, 3.05) is 0 Å². The average Bonchev–Trinajstić information content (AvgIpc) is 2.44. The van der Waals surface area contributed by atoms with Gasteiger partial charge in [0, 0.05) is 5.39 Å². The van der Waals surface area contributed by atoms with Crippen LogP contribution in [0, 0.1) is 0 Å². The van der Waals surface area contributed by atoms with E-state index in [9.17, 15) is 0 Å². The van der Waals surface area contributed by atoms with E-state index in [1.165, 1.54) is 5.57 Å². The smallest absolute Gasteiger partial charge is 0.134 e. The van der Waals surface area contributed by atoms with Gasteiger partial charge in [-0.05, 0) is 32.1 Å². The van der Waals surface area contributed by atoms with Gasteiger partial charge in [-0.3, -0.25) is 0 Å². The van der Waals surface area contributed by atoms with Crippen molar-refractivity contribution in [1.29, 1.82) is 0 Å². The van der Waals surface area contributed by atoms with Crippen LogP contribution in [-0.2, 0) is 0 Å². The van der Waals surface area contributed by atoms with Gasteiger partial charge in [0.05, 0.1) is 0 Å². The fraction of sp³-hybridized carbons (Fsp3) is 0.167. The van der Waals surface area contributed by atoms with E-state index in [0.717, 1.165) is 16.7 Å². The molecule has 2 rings (SSSR count). The molecule has 1 aromatic heterocycles. The number of furan rings is 1. The Morgan fingerprint density at radius 3 is 2.69 bits per heavy atom. The molecule has 0 fully saturated rings. The number of allylic oxidation sites excluding steroid dienone is 1. The third kappa shape index (κ3) is 1.64. The van der Waals surface area contributed by atoms with Crippen LogP contribution < -0.4 is 0 Å². The molecule has 1 nitrogen and oxygen atoms in total. The zero-order chi connectivity index (χ0) is 9.26. The summed E-state index contributed by atoms with van der Waals surface area (Å²) in [6, 6.07) is 10.1. The maximum atomic E-state index is 5.60. The molecule has 0 radical (unpaired) electrons. The number of hydrogen-bond donors (Lipinski definition) is 0. The summed E-state index contributed by atoms with van der Waals surface area (Å²) in [6.45, 7) is 4.13. The van der Waals surface area contributed by atoms with E-state index < -0.39 is 0 Å². The lowest BCUT2D eigenvalue weighted by Crippen LogP contribution is -1.63. The number of rotatable bonds is 1. The Morgan fingerprint density at radius 1 is 1.23 bits per heavy atom. The van der Waals surface area contributed by atoms with E-state index in [4.69, 9.17) is 4.42 Å². The topological polar surface area (TPSA) is 13.1 Å². The summed E-state index contributed by atoms with van der Waals surface area (Å²) >= 11 is 0. The summed E-state index contributed by atoms with van der Waals surface area (Å²) in [5.41, 5.74) is 2.20. The molecule has 0 amide bonds. The second kappa shape index (κ2) is 3.09. The van der Waals surface area contributed by atoms with Gasteiger partial charge in [-0.2, -0.15) is 0 Å². The largest absolute Gasteiger partial charge is 0.457 e. The summed E-state index contributed by atoms with van der Waals surface area (Å²) in [5, 5.41) is 1.16. The van der Waals surface area contributed by atoms with Gasteiger partial charge in [-0.1, -0.05) is 23.8 Å². The van der Waals surface area contributed by atoms with Crippen LogP contribution >= 0.6 is 0 Å². The molecule has 13 heavy (non-hydrogen) atoms. The second-order valence-corrected chi connectivity index (χ2v) is 3.41. The van der Waals surface area contributed by atoms with Crippen LogP contribution in [0.5, 0.6) is 0 Å². The first-order chi connectivity index (χ1) is 6.25. The molecule has 0 aliphatic rings. The molecule has 66 valence electrons. The molecular formula is C12H12O. The van der Waals surface area contributed by atoms with Gasteiger partial charge in [0.1, 0.15) is 11.3 Å². The standard InChI is InChI=1S/C12H12O/c1-9(2)7-11-8-10-5-3-4-6-12(10)13-11/h3-8H,1-2H3.